The Morgan fingerprint density at radius 3 is 2.32 bits per heavy atom. The minimum Gasteiger partial charge on any atom is -0.400 e. The Hall–Kier alpha value is -0.505. The number of rotatable bonds is 3. The molecule has 1 aliphatic heterocycles. The summed E-state index contributed by atoms with van der Waals surface area (Å²) in [6.45, 7) is 8.11. The molecule has 1 unspecified atom stereocenters. The van der Waals surface area contributed by atoms with Crippen molar-refractivity contribution in [2.24, 2.45) is 5.92 Å². The summed E-state index contributed by atoms with van der Waals surface area (Å²) in [7, 11) is -0.691. The van der Waals surface area contributed by atoms with Gasteiger partial charge in [-0.1, -0.05) is 6.08 Å². The van der Waals surface area contributed by atoms with Gasteiger partial charge in [-0.05, 0) is 52.4 Å². The van der Waals surface area contributed by atoms with E-state index in [1.54, 1.807) is 0 Å². The Morgan fingerprint density at radius 2 is 1.89 bits per heavy atom. The molecule has 104 valence electrons. The lowest BCUT2D eigenvalue weighted by Crippen LogP contribution is -2.41. The molecule has 0 aromatic heterocycles. The lowest BCUT2D eigenvalue weighted by Gasteiger charge is -2.32. The van der Waals surface area contributed by atoms with Gasteiger partial charge >= 0.3 is 7.12 Å². The Morgan fingerprint density at radius 1 is 1.32 bits per heavy atom. The topological polar surface area (TPSA) is 52.6 Å². The fourth-order valence-corrected chi connectivity index (χ4v) is 2.75. The highest BCUT2D eigenvalue weighted by molar-refractivity contribution is 7.46. The Labute approximate surface area is 116 Å². The van der Waals surface area contributed by atoms with Gasteiger partial charge in [0, 0.05) is 5.92 Å². The second-order valence-electron chi connectivity index (χ2n) is 6.27. The first kappa shape index (κ1) is 14.9. The molecule has 0 bridgehead atoms. The van der Waals surface area contributed by atoms with Crippen LogP contribution in [-0.4, -0.2) is 23.8 Å². The lowest BCUT2D eigenvalue weighted by molar-refractivity contribution is -0.115. The summed E-state index contributed by atoms with van der Waals surface area (Å²) in [6.07, 6.45) is 4.14. The number of hydrogen-bond acceptors (Lipinski definition) is 4. The number of carbonyl (C=O) groups excluding carboxylic acids is 1. The average Bonchev–Trinajstić information content (AvgIpc) is 2.58. The molecular formula is C13H20BO4P. The van der Waals surface area contributed by atoms with E-state index in [-0.39, 0.29) is 38.2 Å². The fourth-order valence-electron chi connectivity index (χ4n) is 2.36. The summed E-state index contributed by atoms with van der Waals surface area (Å²) in [4.78, 5) is 11.4. The maximum Gasteiger partial charge on any atom is 0.490 e. The standard InChI is InChI=1S/C13H20BO4P/c1-12(2)13(3,4)18-14(17-12)10-7-5-9(6-8-10)11(15)19-16/h7,9H,5-6,8H2,1-4H3. The van der Waals surface area contributed by atoms with Crippen LogP contribution in [0.2, 0.25) is 0 Å². The van der Waals surface area contributed by atoms with Gasteiger partial charge in [-0.2, -0.15) is 0 Å². The van der Waals surface area contributed by atoms with E-state index >= 15 is 0 Å². The van der Waals surface area contributed by atoms with Crippen LogP contribution in [0.4, 0.5) is 0 Å². The van der Waals surface area contributed by atoms with Gasteiger partial charge in [-0.15, -0.1) is 0 Å². The molecule has 2 rings (SSSR count). The second-order valence-corrected chi connectivity index (χ2v) is 6.89. The third-order valence-corrected chi connectivity index (χ3v) is 4.99. The van der Waals surface area contributed by atoms with Crippen LogP contribution in [0.25, 0.3) is 0 Å². The van der Waals surface area contributed by atoms with Crippen molar-refractivity contribution in [2.75, 3.05) is 0 Å². The zero-order valence-electron chi connectivity index (χ0n) is 11.9. The van der Waals surface area contributed by atoms with E-state index in [1.807, 2.05) is 33.8 Å². The van der Waals surface area contributed by atoms with Gasteiger partial charge in [-0.3, -0.25) is 9.36 Å². The summed E-state index contributed by atoms with van der Waals surface area (Å²) in [5, 5.41) is 0. The Bertz CT molecular complexity index is 414. The summed E-state index contributed by atoms with van der Waals surface area (Å²) >= 11 is 0. The monoisotopic (exact) mass is 282 g/mol. The SMILES string of the molecule is CC1(C)OB(C2=CCC(C(=O)P=O)CC2)OC1(C)C. The molecule has 1 saturated heterocycles. The van der Waals surface area contributed by atoms with Crippen LogP contribution < -0.4 is 0 Å². The lowest BCUT2D eigenvalue weighted by atomic mass is 9.71. The van der Waals surface area contributed by atoms with E-state index in [2.05, 4.69) is 0 Å². The first-order valence-corrected chi connectivity index (χ1v) is 7.50. The molecule has 2 aliphatic rings. The van der Waals surface area contributed by atoms with E-state index in [0.29, 0.717) is 6.42 Å². The van der Waals surface area contributed by atoms with Gasteiger partial charge in [0.15, 0.2) is 0 Å². The second kappa shape index (κ2) is 5.12. The molecule has 0 amide bonds. The highest BCUT2D eigenvalue weighted by Gasteiger charge is 2.52. The van der Waals surface area contributed by atoms with Crippen LogP contribution in [0.1, 0.15) is 47.0 Å². The van der Waals surface area contributed by atoms with Crippen molar-refractivity contribution in [1.82, 2.24) is 0 Å². The van der Waals surface area contributed by atoms with Crippen LogP contribution in [0.15, 0.2) is 11.5 Å². The first-order chi connectivity index (χ1) is 8.77. The Balaban J connectivity index is 2.04. The maximum absolute atomic E-state index is 11.4. The van der Waals surface area contributed by atoms with E-state index in [9.17, 15) is 9.36 Å². The molecule has 1 atom stereocenters. The molecule has 0 spiro atoms. The van der Waals surface area contributed by atoms with Crippen molar-refractivity contribution in [1.29, 1.82) is 0 Å². The first-order valence-electron chi connectivity index (χ1n) is 6.68. The Kier molecular flexibility index (Phi) is 4.01. The quantitative estimate of drug-likeness (QED) is 0.589. The van der Waals surface area contributed by atoms with Gasteiger partial charge < -0.3 is 9.31 Å². The molecular weight excluding hydrogens is 262 g/mol. The van der Waals surface area contributed by atoms with Crippen molar-refractivity contribution in [2.45, 2.75) is 58.2 Å². The minimum absolute atomic E-state index is 0.120. The normalized spacial score (nSPS) is 29.4. The molecule has 0 aromatic carbocycles. The van der Waals surface area contributed by atoms with Crippen LogP contribution in [0.5, 0.6) is 0 Å². The van der Waals surface area contributed by atoms with Gasteiger partial charge in [-0.25, -0.2) is 0 Å². The predicted octanol–water partition coefficient (Wildman–Crippen LogP) is 3.16. The van der Waals surface area contributed by atoms with Crippen molar-refractivity contribution in [3.63, 3.8) is 0 Å². The molecule has 1 fully saturated rings. The van der Waals surface area contributed by atoms with Crippen LogP contribution in [0.3, 0.4) is 0 Å². The third kappa shape index (κ3) is 2.83. The van der Waals surface area contributed by atoms with Gasteiger partial charge in [0.2, 0.25) is 14.0 Å². The summed E-state index contributed by atoms with van der Waals surface area (Å²) < 4.78 is 22.6. The van der Waals surface area contributed by atoms with Gasteiger partial charge in [0.05, 0.1) is 11.2 Å². The molecule has 6 heteroatoms. The summed E-state index contributed by atoms with van der Waals surface area (Å²) in [5.74, 6) is -0.120. The van der Waals surface area contributed by atoms with Crippen molar-refractivity contribution >= 4 is 21.1 Å². The van der Waals surface area contributed by atoms with E-state index in [1.165, 1.54) is 0 Å². The molecule has 4 nitrogen and oxygen atoms in total. The molecule has 0 aromatic rings. The molecule has 0 N–H and O–H groups in total. The van der Waals surface area contributed by atoms with Crippen LogP contribution in [0, 0.1) is 5.92 Å². The predicted molar refractivity (Wildman–Crippen MR) is 74.1 cm³/mol. The molecule has 0 radical (unpaired) electrons. The summed E-state index contributed by atoms with van der Waals surface area (Å²) in [5.41, 5.74) is 0.229. The summed E-state index contributed by atoms with van der Waals surface area (Å²) in [6, 6.07) is 0. The van der Waals surface area contributed by atoms with Crippen molar-refractivity contribution in [3.8, 4) is 0 Å². The number of carbonyl (C=O) groups is 1. The van der Waals surface area contributed by atoms with E-state index in [4.69, 9.17) is 9.31 Å². The smallest absolute Gasteiger partial charge is 0.400 e. The van der Waals surface area contributed by atoms with E-state index < -0.39 is 0 Å². The van der Waals surface area contributed by atoms with E-state index in [0.717, 1.165) is 18.3 Å². The largest absolute Gasteiger partial charge is 0.490 e. The van der Waals surface area contributed by atoms with Crippen molar-refractivity contribution in [3.05, 3.63) is 11.5 Å². The maximum atomic E-state index is 11.4. The number of allylic oxidation sites excluding steroid dienone is 2. The highest BCUT2D eigenvalue weighted by Crippen LogP contribution is 2.40. The zero-order valence-corrected chi connectivity index (χ0v) is 12.8. The zero-order chi connectivity index (χ0) is 14.3. The van der Waals surface area contributed by atoms with Crippen molar-refractivity contribution < 1.29 is 18.7 Å². The third-order valence-electron chi connectivity index (χ3n) is 4.44. The van der Waals surface area contributed by atoms with Gasteiger partial charge in [0.1, 0.15) is 0 Å². The molecule has 1 heterocycles. The average molecular weight is 282 g/mol. The van der Waals surface area contributed by atoms with Crippen LogP contribution >= 0.6 is 8.46 Å². The molecule has 0 saturated carbocycles. The van der Waals surface area contributed by atoms with Gasteiger partial charge in [0.25, 0.3) is 0 Å². The number of hydrogen-bond donors (Lipinski definition) is 0. The van der Waals surface area contributed by atoms with Crippen LogP contribution in [-0.2, 0) is 18.7 Å². The molecule has 1 aliphatic carbocycles. The molecule has 19 heavy (non-hydrogen) atoms. The fraction of sp³-hybridized carbons (Fsp3) is 0.769. The highest BCUT2D eigenvalue weighted by atomic mass is 31.1. The minimum atomic E-state index is -0.377.